The van der Waals surface area contributed by atoms with Crippen molar-refractivity contribution >= 4 is 28.7 Å². The van der Waals surface area contributed by atoms with Crippen LogP contribution in [0.4, 0.5) is 0 Å². The zero-order chi connectivity index (χ0) is 20.6. The molecule has 0 aliphatic rings. The fourth-order valence-electron chi connectivity index (χ4n) is 2.89. The molecule has 7 heteroatoms. The zero-order valence-corrected chi connectivity index (χ0v) is 17.2. The lowest BCUT2D eigenvalue weighted by Crippen LogP contribution is -2.25. The molecule has 150 valence electrons. The Labute approximate surface area is 174 Å². The number of furan rings is 1. The number of rotatable bonds is 8. The molecule has 0 unspecified atom stereocenters. The van der Waals surface area contributed by atoms with E-state index >= 15 is 0 Å². The van der Waals surface area contributed by atoms with Crippen LogP contribution in [-0.4, -0.2) is 27.4 Å². The first-order valence-electron chi connectivity index (χ1n) is 9.48. The summed E-state index contributed by atoms with van der Waals surface area (Å²) in [6.07, 6.45) is 12.5. The Balaban J connectivity index is 1.72. The van der Waals surface area contributed by atoms with Crippen molar-refractivity contribution in [3.8, 4) is 11.6 Å². The van der Waals surface area contributed by atoms with Gasteiger partial charge in [0, 0.05) is 17.8 Å². The number of hydrogen-bond acceptors (Lipinski definition) is 4. The van der Waals surface area contributed by atoms with Crippen molar-refractivity contribution in [3.63, 3.8) is 0 Å². The third-order valence-corrected chi connectivity index (χ3v) is 4.46. The second kappa shape index (κ2) is 9.89. The third kappa shape index (κ3) is 5.23. The van der Waals surface area contributed by atoms with E-state index in [2.05, 4.69) is 20.3 Å². The number of imidazole rings is 1. The lowest BCUT2D eigenvalue weighted by molar-refractivity contribution is 0.0955. The summed E-state index contributed by atoms with van der Waals surface area (Å²) in [5, 5.41) is 3.65. The number of pyridine rings is 1. The van der Waals surface area contributed by atoms with E-state index in [-0.39, 0.29) is 5.91 Å². The van der Waals surface area contributed by atoms with Gasteiger partial charge in [-0.25, -0.2) is 9.97 Å². The Morgan fingerprint density at radius 3 is 2.97 bits per heavy atom. The Bertz CT molecular complexity index is 1060. The van der Waals surface area contributed by atoms with E-state index in [0.29, 0.717) is 46.3 Å². The molecule has 0 aliphatic carbocycles. The van der Waals surface area contributed by atoms with Crippen molar-refractivity contribution in [3.05, 3.63) is 71.1 Å². The predicted octanol–water partition coefficient (Wildman–Crippen LogP) is 5.37. The molecule has 0 atom stereocenters. The van der Waals surface area contributed by atoms with Crippen molar-refractivity contribution in [1.82, 2.24) is 20.3 Å². The molecule has 0 aliphatic heterocycles. The summed E-state index contributed by atoms with van der Waals surface area (Å²) < 4.78 is 5.36. The van der Waals surface area contributed by atoms with E-state index in [4.69, 9.17) is 16.0 Å². The average Bonchev–Trinajstić information content (AvgIpc) is 3.37. The molecule has 6 nitrogen and oxygen atoms in total. The van der Waals surface area contributed by atoms with Gasteiger partial charge < -0.3 is 14.7 Å². The van der Waals surface area contributed by atoms with Crippen LogP contribution in [0, 0.1) is 0 Å². The van der Waals surface area contributed by atoms with E-state index in [1.54, 1.807) is 30.7 Å². The molecule has 2 N–H and O–H groups in total. The molecule has 3 rings (SSSR count). The van der Waals surface area contributed by atoms with Gasteiger partial charge in [0.05, 0.1) is 17.3 Å². The van der Waals surface area contributed by atoms with Gasteiger partial charge in [0.1, 0.15) is 0 Å². The van der Waals surface area contributed by atoms with Crippen LogP contribution in [0.5, 0.6) is 0 Å². The van der Waals surface area contributed by atoms with E-state index in [9.17, 15) is 4.79 Å². The lowest BCUT2D eigenvalue weighted by Gasteiger charge is -2.07. The molecule has 0 saturated heterocycles. The van der Waals surface area contributed by atoms with Crippen LogP contribution in [0.2, 0.25) is 0 Å². The van der Waals surface area contributed by atoms with Gasteiger partial charge in [-0.3, -0.25) is 4.79 Å². The summed E-state index contributed by atoms with van der Waals surface area (Å²) in [4.78, 5) is 24.5. The maximum absolute atomic E-state index is 12.7. The van der Waals surface area contributed by atoms with Gasteiger partial charge in [-0.2, -0.15) is 0 Å². The van der Waals surface area contributed by atoms with Gasteiger partial charge in [0.15, 0.2) is 17.2 Å². The Kier molecular flexibility index (Phi) is 7.03. The number of aromatic amines is 1. The highest BCUT2D eigenvalue weighted by Crippen LogP contribution is 2.22. The van der Waals surface area contributed by atoms with Gasteiger partial charge in [-0.1, -0.05) is 36.8 Å². The van der Waals surface area contributed by atoms with Gasteiger partial charge >= 0.3 is 0 Å². The molecule has 3 heterocycles. The summed E-state index contributed by atoms with van der Waals surface area (Å²) in [5.41, 5.74) is 2.58. The maximum Gasteiger partial charge on any atom is 0.253 e. The fourth-order valence-corrected chi connectivity index (χ4v) is 3.19. The summed E-state index contributed by atoms with van der Waals surface area (Å²) in [6, 6.07) is 5.25. The maximum atomic E-state index is 12.7. The number of halogens is 1. The van der Waals surface area contributed by atoms with Gasteiger partial charge in [0.2, 0.25) is 0 Å². The SMILES string of the molecule is C\C=C/C(=C\C(Cl)=C\CC)CCNC(=O)c1ccnc2nc(-c3ccco3)[nH]c12. The number of hydrogen-bond donors (Lipinski definition) is 2. The third-order valence-electron chi connectivity index (χ3n) is 4.19. The number of allylic oxidation sites excluding steroid dienone is 5. The molecule has 1 amide bonds. The molecule has 0 aromatic carbocycles. The lowest BCUT2D eigenvalue weighted by atomic mass is 10.1. The predicted molar refractivity (Wildman–Crippen MR) is 116 cm³/mol. The molecule has 0 bridgehead atoms. The number of carbonyl (C=O) groups excluding carboxylic acids is 1. The fraction of sp³-hybridized carbons (Fsp3) is 0.227. The van der Waals surface area contributed by atoms with Crippen LogP contribution in [-0.2, 0) is 0 Å². The van der Waals surface area contributed by atoms with Gasteiger partial charge in [0.25, 0.3) is 5.91 Å². The number of nitrogens with one attached hydrogen (secondary N) is 2. The highest BCUT2D eigenvalue weighted by Gasteiger charge is 2.15. The normalized spacial score (nSPS) is 12.8. The molecule has 3 aromatic heterocycles. The van der Waals surface area contributed by atoms with Crippen molar-refractivity contribution in [2.45, 2.75) is 26.7 Å². The van der Waals surface area contributed by atoms with Crippen molar-refractivity contribution in [2.24, 2.45) is 0 Å². The van der Waals surface area contributed by atoms with E-state index < -0.39 is 0 Å². The Morgan fingerprint density at radius 2 is 2.24 bits per heavy atom. The van der Waals surface area contributed by atoms with Crippen molar-refractivity contribution in [2.75, 3.05) is 6.54 Å². The zero-order valence-electron chi connectivity index (χ0n) is 16.4. The Morgan fingerprint density at radius 1 is 1.38 bits per heavy atom. The number of nitrogens with zero attached hydrogens (tertiary/aromatic N) is 2. The smallest absolute Gasteiger partial charge is 0.253 e. The van der Waals surface area contributed by atoms with Crippen LogP contribution in [0.1, 0.15) is 37.0 Å². The standard InChI is InChI=1S/C22H23ClN4O2/c1-3-6-15(14-16(23)7-4-2)9-11-25-22(28)17-10-12-24-21-19(17)26-20(27-21)18-8-5-13-29-18/h3,5-8,10,12-14H,4,9,11H2,1-2H3,(H,25,28)(H,24,26,27)/b6-3-,15-14+,16-7-. The molecule has 0 spiro atoms. The minimum Gasteiger partial charge on any atom is -0.461 e. The quantitative estimate of drug-likeness (QED) is 0.489. The largest absolute Gasteiger partial charge is 0.461 e. The molecule has 3 aromatic rings. The summed E-state index contributed by atoms with van der Waals surface area (Å²) in [6.45, 7) is 4.47. The summed E-state index contributed by atoms with van der Waals surface area (Å²) in [5.74, 6) is 0.933. The van der Waals surface area contributed by atoms with E-state index in [0.717, 1.165) is 12.0 Å². The van der Waals surface area contributed by atoms with Gasteiger partial charge in [-0.05, 0) is 49.6 Å². The average molecular weight is 411 g/mol. The number of aromatic nitrogens is 3. The van der Waals surface area contributed by atoms with Crippen molar-refractivity contribution < 1.29 is 9.21 Å². The topological polar surface area (TPSA) is 83.8 Å². The van der Waals surface area contributed by atoms with Crippen LogP contribution in [0.3, 0.4) is 0 Å². The second-order valence-corrected chi connectivity index (χ2v) is 6.78. The number of carbonyl (C=O) groups is 1. The van der Waals surface area contributed by atoms with E-state index in [1.165, 1.54) is 0 Å². The highest BCUT2D eigenvalue weighted by molar-refractivity contribution is 6.31. The highest BCUT2D eigenvalue weighted by atomic mass is 35.5. The molecular formula is C22H23ClN4O2. The summed E-state index contributed by atoms with van der Waals surface area (Å²) >= 11 is 6.20. The number of H-pyrrole nitrogens is 1. The molecule has 0 radical (unpaired) electrons. The minimum atomic E-state index is -0.193. The first-order chi connectivity index (χ1) is 14.1. The van der Waals surface area contributed by atoms with Crippen LogP contribution < -0.4 is 5.32 Å². The minimum absolute atomic E-state index is 0.193. The second-order valence-electron chi connectivity index (χ2n) is 6.34. The van der Waals surface area contributed by atoms with Gasteiger partial charge in [-0.15, -0.1) is 0 Å². The molecule has 29 heavy (non-hydrogen) atoms. The summed E-state index contributed by atoms with van der Waals surface area (Å²) in [7, 11) is 0. The van der Waals surface area contributed by atoms with Crippen LogP contribution in [0.15, 0.2) is 70.0 Å². The van der Waals surface area contributed by atoms with Crippen molar-refractivity contribution in [1.29, 1.82) is 0 Å². The molecule has 0 fully saturated rings. The van der Waals surface area contributed by atoms with E-state index in [1.807, 2.05) is 38.2 Å². The first kappa shape index (κ1) is 20.6. The molecular weight excluding hydrogens is 388 g/mol. The number of fused-ring (bicyclic) bond motifs is 1. The number of amides is 1. The monoisotopic (exact) mass is 410 g/mol. The molecule has 0 saturated carbocycles. The Hall–Kier alpha value is -3.12. The van der Waals surface area contributed by atoms with Crippen LogP contribution >= 0.6 is 11.6 Å². The van der Waals surface area contributed by atoms with Crippen LogP contribution in [0.25, 0.3) is 22.7 Å². The first-order valence-corrected chi connectivity index (χ1v) is 9.86.